The normalized spacial score (nSPS) is 11.9. The Morgan fingerprint density at radius 2 is 2.00 bits per heavy atom. The van der Waals surface area contributed by atoms with Crippen LogP contribution in [0.3, 0.4) is 0 Å². The molecular weight excluding hydrogens is 388 g/mol. The van der Waals surface area contributed by atoms with Crippen LogP contribution in [0.4, 0.5) is 4.79 Å². The molecule has 1 unspecified atom stereocenters. The van der Waals surface area contributed by atoms with Crippen molar-refractivity contribution < 1.29 is 28.3 Å². The number of alkyl carbamates (subject to hydrolysis) is 1. The Labute approximate surface area is 175 Å². The Bertz CT molecular complexity index is 990. The van der Waals surface area contributed by atoms with Crippen LogP contribution in [0.25, 0.3) is 11.0 Å². The first kappa shape index (κ1) is 22.8. The summed E-state index contributed by atoms with van der Waals surface area (Å²) in [4.78, 5) is 35.1. The Morgan fingerprint density at radius 3 is 2.63 bits per heavy atom. The summed E-state index contributed by atoms with van der Waals surface area (Å²) in [5.74, 6) is 4.38. The van der Waals surface area contributed by atoms with Crippen molar-refractivity contribution in [2.45, 2.75) is 45.1 Å². The number of methoxy groups -OCH3 is 1. The largest absolute Gasteiger partial charge is 0.469 e. The molecule has 0 saturated carbocycles. The minimum absolute atomic E-state index is 0.0708. The van der Waals surface area contributed by atoms with Crippen LogP contribution < -0.4 is 11.1 Å². The van der Waals surface area contributed by atoms with Gasteiger partial charge in [-0.3, -0.25) is 9.59 Å². The summed E-state index contributed by atoms with van der Waals surface area (Å²) in [7, 11) is 1.29. The lowest BCUT2D eigenvalue weighted by Crippen LogP contribution is -2.32. The van der Waals surface area contributed by atoms with Gasteiger partial charge in [-0.1, -0.05) is 18.1 Å². The zero-order valence-electron chi connectivity index (χ0n) is 17.5. The van der Waals surface area contributed by atoms with E-state index in [0.29, 0.717) is 22.3 Å². The molecule has 2 amide bonds. The average molecular weight is 414 g/mol. The van der Waals surface area contributed by atoms with E-state index < -0.39 is 29.5 Å². The predicted octanol–water partition coefficient (Wildman–Crippen LogP) is 2.83. The summed E-state index contributed by atoms with van der Waals surface area (Å²) >= 11 is 0. The number of benzene rings is 1. The second-order valence-corrected chi connectivity index (χ2v) is 7.60. The van der Waals surface area contributed by atoms with Gasteiger partial charge in [0.05, 0.1) is 19.6 Å². The lowest BCUT2D eigenvalue weighted by molar-refractivity contribution is -0.140. The fraction of sp³-hybridized carbons (Fsp3) is 0.409. The molecule has 0 saturated heterocycles. The van der Waals surface area contributed by atoms with Crippen molar-refractivity contribution in [3.05, 3.63) is 35.6 Å². The monoisotopic (exact) mass is 414 g/mol. The standard InChI is InChI=1S/C22H26N2O6/c1-22(2,3)30-21(27)24-12-6-7-14-13-17-15(8-5-9-18(17)29-14)16(20(23)26)10-11-19(25)28-4/h5,8-9,13,16H,10-12H2,1-4H3,(H2,23,26)(H,24,27). The zero-order chi connectivity index (χ0) is 22.3. The van der Waals surface area contributed by atoms with Crippen molar-refractivity contribution in [1.29, 1.82) is 0 Å². The van der Waals surface area contributed by atoms with Crippen molar-refractivity contribution in [2.75, 3.05) is 13.7 Å². The third-order valence-electron chi connectivity index (χ3n) is 4.11. The molecule has 0 fully saturated rings. The summed E-state index contributed by atoms with van der Waals surface area (Å²) in [5, 5.41) is 3.23. The number of amides is 2. The van der Waals surface area contributed by atoms with Crippen LogP contribution in [0.5, 0.6) is 0 Å². The molecule has 0 aliphatic heterocycles. The number of rotatable bonds is 6. The van der Waals surface area contributed by atoms with E-state index in [0.717, 1.165) is 0 Å². The zero-order valence-corrected chi connectivity index (χ0v) is 17.5. The predicted molar refractivity (Wildman–Crippen MR) is 111 cm³/mol. The van der Waals surface area contributed by atoms with Gasteiger partial charge in [-0.15, -0.1) is 0 Å². The number of nitrogens with two attached hydrogens (primary N) is 1. The number of hydrogen-bond donors (Lipinski definition) is 2. The van der Waals surface area contributed by atoms with E-state index in [4.69, 9.17) is 14.9 Å². The number of ether oxygens (including phenoxy) is 2. The lowest BCUT2D eigenvalue weighted by atomic mass is 9.91. The Kier molecular flexibility index (Phi) is 7.48. The molecule has 1 aromatic carbocycles. The van der Waals surface area contributed by atoms with Gasteiger partial charge in [0.25, 0.3) is 0 Å². The van der Waals surface area contributed by atoms with Crippen molar-refractivity contribution in [2.24, 2.45) is 5.73 Å². The molecule has 30 heavy (non-hydrogen) atoms. The minimum atomic E-state index is -0.667. The quantitative estimate of drug-likeness (QED) is 0.554. The van der Waals surface area contributed by atoms with Gasteiger partial charge in [-0.05, 0) is 44.7 Å². The molecule has 0 spiro atoms. The maximum atomic E-state index is 12.0. The highest BCUT2D eigenvalue weighted by Gasteiger charge is 2.22. The van der Waals surface area contributed by atoms with Crippen LogP contribution in [-0.4, -0.2) is 37.2 Å². The van der Waals surface area contributed by atoms with E-state index in [1.807, 2.05) is 0 Å². The lowest BCUT2D eigenvalue weighted by Gasteiger charge is -2.18. The van der Waals surface area contributed by atoms with E-state index in [9.17, 15) is 14.4 Å². The first-order valence-electron chi connectivity index (χ1n) is 9.45. The van der Waals surface area contributed by atoms with Crippen LogP contribution in [-0.2, 0) is 19.1 Å². The van der Waals surface area contributed by atoms with Gasteiger partial charge in [0.15, 0.2) is 5.76 Å². The number of carbonyl (C=O) groups is 3. The van der Waals surface area contributed by atoms with Crippen LogP contribution in [0.1, 0.15) is 50.9 Å². The highest BCUT2D eigenvalue weighted by molar-refractivity contribution is 5.91. The maximum Gasteiger partial charge on any atom is 0.408 e. The Balaban J connectivity index is 2.16. The van der Waals surface area contributed by atoms with Crippen molar-refractivity contribution in [1.82, 2.24) is 5.32 Å². The molecule has 1 aromatic heterocycles. The number of primary amides is 1. The fourth-order valence-corrected chi connectivity index (χ4v) is 2.83. The van der Waals surface area contributed by atoms with Gasteiger partial charge < -0.3 is 24.9 Å². The molecule has 2 rings (SSSR count). The van der Waals surface area contributed by atoms with Crippen LogP contribution >= 0.6 is 0 Å². The molecule has 2 aromatic rings. The van der Waals surface area contributed by atoms with Gasteiger partial charge >= 0.3 is 12.1 Å². The Hall–Kier alpha value is -3.47. The molecule has 0 aliphatic carbocycles. The molecule has 8 nitrogen and oxygen atoms in total. The van der Waals surface area contributed by atoms with E-state index >= 15 is 0 Å². The number of furan rings is 1. The van der Waals surface area contributed by atoms with E-state index in [2.05, 4.69) is 21.9 Å². The number of esters is 1. The second kappa shape index (κ2) is 9.83. The first-order valence-corrected chi connectivity index (χ1v) is 9.45. The fourth-order valence-electron chi connectivity index (χ4n) is 2.83. The molecule has 1 atom stereocenters. The summed E-state index contributed by atoms with van der Waals surface area (Å²) < 4.78 is 15.5. The van der Waals surface area contributed by atoms with Gasteiger partial charge in [0.2, 0.25) is 5.91 Å². The van der Waals surface area contributed by atoms with Gasteiger partial charge in [0, 0.05) is 17.9 Å². The highest BCUT2D eigenvalue weighted by Crippen LogP contribution is 2.31. The number of fused-ring (bicyclic) bond motifs is 1. The van der Waals surface area contributed by atoms with Gasteiger partial charge in [-0.2, -0.15) is 0 Å². The van der Waals surface area contributed by atoms with Gasteiger partial charge in [-0.25, -0.2) is 4.79 Å². The first-order chi connectivity index (χ1) is 14.1. The Morgan fingerprint density at radius 1 is 1.27 bits per heavy atom. The molecule has 0 bridgehead atoms. The number of hydrogen-bond acceptors (Lipinski definition) is 6. The number of nitrogens with one attached hydrogen (secondary N) is 1. The minimum Gasteiger partial charge on any atom is -0.469 e. The smallest absolute Gasteiger partial charge is 0.408 e. The van der Waals surface area contributed by atoms with Crippen LogP contribution in [0.2, 0.25) is 0 Å². The third-order valence-corrected chi connectivity index (χ3v) is 4.11. The molecule has 3 N–H and O–H groups in total. The second-order valence-electron chi connectivity index (χ2n) is 7.60. The third kappa shape index (κ3) is 6.55. The summed E-state index contributed by atoms with van der Waals surface area (Å²) in [6.07, 6.45) is -0.257. The highest BCUT2D eigenvalue weighted by atomic mass is 16.6. The molecule has 8 heteroatoms. The topological polar surface area (TPSA) is 121 Å². The molecular formula is C22H26N2O6. The van der Waals surface area contributed by atoms with E-state index in [-0.39, 0.29) is 19.4 Å². The molecule has 0 aliphatic rings. The van der Waals surface area contributed by atoms with Gasteiger partial charge in [0.1, 0.15) is 11.2 Å². The maximum absolute atomic E-state index is 12.0. The van der Waals surface area contributed by atoms with Crippen LogP contribution in [0.15, 0.2) is 28.7 Å². The van der Waals surface area contributed by atoms with Crippen LogP contribution in [0, 0.1) is 11.8 Å². The molecule has 160 valence electrons. The van der Waals surface area contributed by atoms with E-state index in [1.165, 1.54) is 7.11 Å². The SMILES string of the molecule is COC(=O)CCC(C(N)=O)c1cccc2oc(C#CCNC(=O)OC(C)(C)C)cc12. The molecule has 1 heterocycles. The van der Waals surface area contributed by atoms with Crippen molar-refractivity contribution in [3.63, 3.8) is 0 Å². The summed E-state index contributed by atoms with van der Waals surface area (Å²) in [6.45, 7) is 5.40. The van der Waals surface area contributed by atoms with Crippen molar-refractivity contribution >= 4 is 28.9 Å². The van der Waals surface area contributed by atoms with Crippen molar-refractivity contribution in [3.8, 4) is 11.8 Å². The number of carbonyl (C=O) groups excluding carboxylic acids is 3. The molecule has 0 radical (unpaired) electrons. The van der Waals surface area contributed by atoms with E-state index in [1.54, 1.807) is 45.0 Å². The summed E-state index contributed by atoms with van der Waals surface area (Å²) in [6, 6.07) is 6.98. The average Bonchev–Trinajstić information content (AvgIpc) is 3.07. The summed E-state index contributed by atoms with van der Waals surface area (Å²) in [5.41, 5.74) is 6.18.